The molecule has 2 aliphatic rings. The molecule has 3 rings (SSSR count). The molecule has 0 aliphatic heterocycles. The molecule has 0 bridgehead atoms. The molecule has 24 heavy (non-hydrogen) atoms. The van der Waals surface area contributed by atoms with Crippen LogP contribution in [0.4, 0.5) is 0 Å². The third-order valence-corrected chi connectivity index (χ3v) is 6.59. The van der Waals surface area contributed by atoms with Crippen molar-refractivity contribution in [2.45, 2.75) is 66.1 Å². The summed E-state index contributed by atoms with van der Waals surface area (Å²) in [4.78, 5) is 12.5. The fourth-order valence-corrected chi connectivity index (χ4v) is 4.55. The molecule has 5 atom stereocenters. The van der Waals surface area contributed by atoms with Crippen molar-refractivity contribution < 1.29 is 19.1 Å². The van der Waals surface area contributed by atoms with Crippen molar-refractivity contribution in [2.75, 3.05) is 0 Å². The zero-order valence-electron chi connectivity index (χ0n) is 15.3. The van der Waals surface area contributed by atoms with Crippen molar-refractivity contribution in [3.05, 3.63) is 34.8 Å². The molecule has 4 nitrogen and oxygen atoms in total. The molecule has 0 radical (unpaired) electrons. The molecule has 1 fully saturated rings. The van der Waals surface area contributed by atoms with E-state index in [2.05, 4.69) is 13.8 Å². The maximum atomic E-state index is 12.5. The third kappa shape index (κ3) is 2.43. The first-order valence-electron chi connectivity index (χ1n) is 8.89. The number of aliphatic hydroxyl groups excluding tert-OH is 1. The van der Waals surface area contributed by atoms with Gasteiger partial charge in [-0.25, -0.2) is 4.79 Å². The highest BCUT2D eigenvalue weighted by molar-refractivity contribution is 5.87. The highest BCUT2D eigenvalue weighted by Gasteiger charge is 2.56. The molecule has 5 unspecified atom stereocenters. The third-order valence-electron chi connectivity index (χ3n) is 6.59. The van der Waals surface area contributed by atoms with Crippen LogP contribution in [0.2, 0.25) is 0 Å². The van der Waals surface area contributed by atoms with Crippen LogP contribution in [-0.2, 0) is 16.0 Å². The van der Waals surface area contributed by atoms with E-state index in [0.717, 1.165) is 36.1 Å². The average molecular weight is 332 g/mol. The lowest BCUT2D eigenvalue weighted by molar-refractivity contribution is -0.174. The van der Waals surface area contributed by atoms with E-state index in [9.17, 15) is 9.90 Å². The van der Waals surface area contributed by atoms with Gasteiger partial charge in [0, 0.05) is 23.0 Å². The van der Waals surface area contributed by atoms with Gasteiger partial charge in [-0.2, -0.15) is 0 Å². The van der Waals surface area contributed by atoms with Crippen LogP contribution in [0.15, 0.2) is 22.3 Å². The summed E-state index contributed by atoms with van der Waals surface area (Å²) in [6.45, 7) is 9.86. The Bertz CT molecular complexity index is 671. The largest absolute Gasteiger partial charge is 0.469 e. The number of allylic oxidation sites excluding steroid dienone is 1. The number of ether oxygens (including phenoxy) is 1. The molecule has 2 aliphatic carbocycles. The fraction of sp³-hybridized carbons (Fsp3) is 0.650. The Morgan fingerprint density at radius 3 is 2.83 bits per heavy atom. The molecule has 1 aromatic rings. The second-order valence-electron chi connectivity index (χ2n) is 7.71. The molecule has 0 spiro atoms. The molecule has 1 heterocycles. The van der Waals surface area contributed by atoms with Crippen LogP contribution in [-0.4, -0.2) is 17.2 Å². The molecular weight excluding hydrogens is 304 g/mol. The molecule has 1 saturated carbocycles. The van der Waals surface area contributed by atoms with Gasteiger partial charge in [-0.1, -0.05) is 19.9 Å². The number of aliphatic hydroxyl groups is 1. The van der Waals surface area contributed by atoms with E-state index in [1.54, 1.807) is 19.3 Å². The zero-order valence-corrected chi connectivity index (χ0v) is 15.3. The molecule has 1 N–H and O–H groups in total. The summed E-state index contributed by atoms with van der Waals surface area (Å²) in [6.07, 6.45) is 5.38. The van der Waals surface area contributed by atoms with Crippen LogP contribution in [0.25, 0.3) is 0 Å². The van der Waals surface area contributed by atoms with Crippen molar-refractivity contribution >= 4 is 5.97 Å². The molecule has 132 valence electrons. The fourth-order valence-electron chi connectivity index (χ4n) is 4.55. The van der Waals surface area contributed by atoms with Gasteiger partial charge in [0.05, 0.1) is 12.4 Å². The number of carbonyl (C=O) groups is 1. The lowest BCUT2D eigenvalue weighted by Gasteiger charge is -2.54. The van der Waals surface area contributed by atoms with Crippen molar-refractivity contribution in [3.8, 4) is 0 Å². The van der Waals surface area contributed by atoms with Gasteiger partial charge in [-0.05, 0) is 51.0 Å². The summed E-state index contributed by atoms with van der Waals surface area (Å²) in [5, 5.41) is 10.5. The van der Waals surface area contributed by atoms with Crippen molar-refractivity contribution in [2.24, 2.45) is 17.3 Å². The van der Waals surface area contributed by atoms with E-state index in [1.807, 2.05) is 13.8 Å². The number of furan rings is 1. The molecular formula is C20H28O4. The quantitative estimate of drug-likeness (QED) is 0.654. The SMILES string of the molecule is C/C=C(\C)C(=O)OC1c2c(C)coc2CC2CCC(O)C(C)C21C. The highest BCUT2D eigenvalue weighted by atomic mass is 16.5. The van der Waals surface area contributed by atoms with Crippen LogP contribution in [0.3, 0.4) is 0 Å². The standard InChI is InChI=1S/C20H28O4/c1-6-11(2)19(22)24-18-17-12(3)10-23-16(17)9-14-7-8-15(21)13(4)20(14,18)5/h6,10,13-15,18,21H,7-9H2,1-5H3/b11-6+. The first-order chi connectivity index (χ1) is 11.3. The monoisotopic (exact) mass is 332 g/mol. The Morgan fingerprint density at radius 2 is 2.17 bits per heavy atom. The number of carbonyl (C=O) groups excluding carboxylic acids is 1. The minimum Gasteiger partial charge on any atom is -0.469 e. The summed E-state index contributed by atoms with van der Waals surface area (Å²) in [5.41, 5.74) is 2.34. The molecule has 1 aromatic heterocycles. The zero-order chi connectivity index (χ0) is 17.6. The average Bonchev–Trinajstić information content (AvgIpc) is 2.93. The maximum Gasteiger partial charge on any atom is 0.334 e. The topological polar surface area (TPSA) is 59.7 Å². The lowest BCUT2D eigenvalue weighted by atomic mass is 9.53. The second kappa shape index (κ2) is 6.07. The van der Waals surface area contributed by atoms with Gasteiger partial charge in [-0.15, -0.1) is 0 Å². The molecule has 0 saturated heterocycles. The van der Waals surface area contributed by atoms with Gasteiger partial charge in [0.15, 0.2) is 0 Å². The van der Waals surface area contributed by atoms with Gasteiger partial charge < -0.3 is 14.3 Å². The summed E-state index contributed by atoms with van der Waals surface area (Å²) in [7, 11) is 0. The number of aryl methyl sites for hydroxylation is 1. The Kier molecular flexibility index (Phi) is 4.37. The Labute approximate surface area is 143 Å². The number of esters is 1. The summed E-state index contributed by atoms with van der Waals surface area (Å²) in [6, 6.07) is 0. The van der Waals surface area contributed by atoms with Crippen molar-refractivity contribution in [1.29, 1.82) is 0 Å². The van der Waals surface area contributed by atoms with Crippen LogP contribution in [0, 0.1) is 24.2 Å². The second-order valence-corrected chi connectivity index (χ2v) is 7.71. The van der Waals surface area contributed by atoms with E-state index in [-0.39, 0.29) is 29.5 Å². The van der Waals surface area contributed by atoms with Crippen LogP contribution >= 0.6 is 0 Å². The number of rotatable bonds is 2. The smallest absolute Gasteiger partial charge is 0.334 e. The van der Waals surface area contributed by atoms with Gasteiger partial charge in [-0.3, -0.25) is 0 Å². The van der Waals surface area contributed by atoms with Crippen LogP contribution in [0.1, 0.15) is 63.5 Å². The number of hydrogen-bond acceptors (Lipinski definition) is 4. The first-order valence-corrected chi connectivity index (χ1v) is 8.89. The summed E-state index contributed by atoms with van der Waals surface area (Å²) in [5.74, 6) is 1.05. The molecule has 0 amide bonds. The van der Waals surface area contributed by atoms with Crippen molar-refractivity contribution in [1.82, 2.24) is 0 Å². The van der Waals surface area contributed by atoms with Crippen LogP contribution in [0.5, 0.6) is 0 Å². The molecule has 4 heteroatoms. The van der Waals surface area contributed by atoms with Crippen LogP contribution < -0.4 is 0 Å². The van der Waals surface area contributed by atoms with Gasteiger partial charge in [0.2, 0.25) is 0 Å². The van der Waals surface area contributed by atoms with E-state index in [1.165, 1.54) is 0 Å². The van der Waals surface area contributed by atoms with E-state index in [0.29, 0.717) is 11.5 Å². The Balaban J connectivity index is 2.08. The first kappa shape index (κ1) is 17.3. The van der Waals surface area contributed by atoms with E-state index in [4.69, 9.17) is 9.15 Å². The number of fused-ring (bicyclic) bond motifs is 2. The molecule has 0 aromatic carbocycles. The summed E-state index contributed by atoms with van der Waals surface area (Å²) >= 11 is 0. The minimum absolute atomic E-state index is 0.0578. The number of hydrogen-bond donors (Lipinski definition) is 1. The van der Waals surface area contributed by atoms with E-state index >= 15 is 0 Å². The Morgan fingerprint density at radius 1 is 1.46 bits per heavy atom. The maximum absolute atomic E-state index is 12.5. The van der Waals surface area contributed by atoms with E-state index < -0.39 is 0 Å². The summed E-state index contributed by atoms with van der Waals surface area (Å²) < 4.78 is 11.8. The van der Waals surface area contributed by atoms with Gasteiger partial charge >= 0.3 is 5.97 Å². The highest BCUT2D eigenvalue weighted by Crippen LogP contribution is 2.59. The van der Waals surface area contributed by atoms with Crippen molar-refractivity contribution in [3.63, 3.8) is 0 Å². The van der Waals surface area contributed by atoms with Gasteiger partial charge in [0.1, 0.15) is 11.9 Å². The Hall–Kier alpha value is -1.55. The minimum atomic E-state index is -0.377. The van der Waals surface area contributed by atoms with Gasteiger partial charge in [0.25, 0.3) is 0 Å². The normalized spacial score (nSPS) is 36.0. The predicted molar refractivity (Wildman–Crippen MR) is 91.4 cm³/mol. The predicted octanol–water partition coefficient (Wildman–Crippen LogP) is 4.11. The lowest BCUT2D eigenvalue weighted by Crippen LogP contribution is -2.52.